The molecule has 5 nitrogen and oxygen atoms in total. The molecule has 1 atom stereocenters. The Morgan fingerprint density at radius 2 is 1.80 bits per heavy atom. The number of methoxy groups -OCH3 is 1. The lowest BCUT2D eigenvalue weighted by molar-refractivity contribution is 0.106. The molecular weight excluding hydrogens is 494 g/mol. The molecule has 1 saturated heterocycles. The van der Waals surface area contributed by atoms with Crippen LogP contribution in [-0.4, -0.2) is 50.7 Å². The Labute approximate surface area is 196 Å². The number of hydrogen-bond donors (Lipinski definition) is 2. The van der Waals surface area contributed by atoms with Gasteiger partial charge in [0.15, 0.2) is 5.96 Å². The van der Waals surface area contributed by atoms with Crippen molar-refractivity contribution in [2.75, 3.05) is 33.8 Å². The van der Waals surface area contributed by atoms with Gasteiger partial charge in [0.1, 0.15) is 5.82 Å². The van der Waals surface area contributed by atoms with Gasteiger partial charge in [0.05, 0.1) is 6.10 Å². The molecule has 0 amide bonds. The second-order valence-corrected chi connectivity index (χ2v) is 7.41. The number of aliphatic imine (C=N–C) groups is 1. The van der Waals surface area contributed by atoms with Gasteiger partial charge in [-0.05, 0) is 36.1 Å². The quantitative estimate of drug-likeness (QED) is 0.326. The zero-order valence-electron chi connectivity index (χ0n) is 17.7. The molecule has 0 bridgehead atoms. The molecule has 30 heavy (non-hydrogen) atoms. The second-order valence-electron chi connectivity index (χ2n) is 7.41. The lowest BCUT2D eigenvalue weighted by Crippen LogP contribution is -2.49. The van der Waals surface area contributed by atoms with Crippen molar-refractivity contribution in [3.63, 3.8) is 0 Å². The van der Waals surface area contributed by atoms with Gasteiger partial charge in [0, 0.05) is 46.4 Å². The van der Waals surface area contributed by atoms with Gasteiger partial charge in [-0.25, -0.2) is 4.39 Å². The van der Waals surface area contributed by atoms with E-state index in [9.17, 15) is 4.39 Å². The summed E-state index contributed by atoms with van der Waals surface area (Å²) in [6.07, 6.45) is 2.00. The molecular formula is C23H32FIN4O. The molecule has 164 valence electrons. The predicted octanol–water partition coefficient (Wildman–Crippen LogP) is 3.96. The summed E-state index contributed by atoms with van der Waals surface area (Å²) in [4.78, 5) is 6.85. The predicted molar refractivity (Wildman–Crippen MR) is 131 cm³/mol. The Kier molecular flexibility index (Phi) is 10.5. The van der Waals surface area contributed by atoms with E-state index in [4.69, 9.17) is 4.74 Å². The van der Waals surface area contributed by atoms with Crippen LogP contribution in [0.5, 0.6) is 0 Å². The number of nitrogens with one attached hydrogen (secondary N) is 2. The summed E-state index contributed by atoms with van der Waals surface area (Å²) in [5.41, 5.74) is 2.30. The minimum atomic E-state index is -0.243. The number of likely N-dealkylation sites (tertiary alicyclic amines) is 1. The van der Waals surface area contributed by atoms with Gasteiger partial charge in [0.2, 0.25) is 0 Å². The highest BCUT2D eigenvalue weighted by Gasteiger charge is 2.20. The molecule has 0 saturated carbocycles. The molecule has 1 unspecified atom stereocenters. The van der Waals surface area contributed by atoms with Crippen molar-refractivity contribution in [1.29, 1.82) is 0 Å². The van der Waals surface area contributed by atoms with Crippen molar-refractivity contribution in [2.45, 2.75) is 31.5 Å². The van der Waals surface area contributed by atoms with Crippen molar-refractivity contribution in [3.8, 4) is 0 Å². The minimum Gasteiger partial charge on any atom is -0.375 e. The molecule has 1 aliphatic rings. The fourth-order valence-electron chi connectivity index (χ4n) is 3.67. The zero-order chi connectivity index (χ0) is 20.5. The summed E-state index contributed by atoms with van der Waals surface area (Å²) >= 11 is 0. The topological polar surface area (TPSA) is 48.9 Å². The number of rotatable bonds is 7. The minimum absolute atomic E-state index is 0. The first-order chi connectivity index (χ1) is 14.2. The molecule has 2 aromatic rings. The number of halogens is 2. The molecule has 1 heterocycles. The van der Waals surface area contributed by atoms with Crippen LogP contribution in [0.25, 0.3) is 0 Å². The third kappa shape index (κ3) is 7.52. The summed E-state index contributed by atoms with van der Waals surface area (Å²) in [6.45, 7) is 3.71. The lowest BCUT2D eigenvalue weighted by Gasteiger charge is -2.33. The largest absolute Gasteiger partial charge is 0.375 e. The van der Waals surface area contributed by atoms with Gasteiger partial charge in [-0.15, -0.1) is 24.0 Å². The van der Waals surface area contributed by atoms with Crippen LogP contribution in [0.1, 0.15) is 30.1 Å². The smallest absolute Gasteiger partial charge is 0.191 e. The van der Waals surface area contributed by atoms with E-state index in [1.54, 1.807) is 26.3 Å². The van der Waals surface area contributed by atoms with Crippen LogP contribution in [0, 0.1) is 5.82 Å². The van der Waals surface area contributed by atoms with Gasteiger partial charge < -0.3 is 15.4 Å². The Morgan fingerprint density at radius 1 is 1.13 bits per heavy atom. The average molecular weight is 526 g/mol. The SMILES string of the molecule is CN=C(NCC(OC)c1ccc(F)cc1)NC1CCN(Cc2ccccc2)CC1.I. The number of hydrogen-bond acceptors (Lipinski definition) is 3. The highest BCUT2D eigenvalue weighted by atomic mass is 127. The highest BCUT2D eigenvalue weighted by Crippen LogP contribution is 2.17. The van der Waals surface area contributed by atoms with Gasteiger partial charge in [-0.2, -0.15) is 0 Å². The van der Waals surface area contributed by atoms with Crippen molar-refractivity contribution in [2.24, 2.45) is 4.99 Å². The number of piperidine rings is 1. The van der Waals surface area contributed by atoms with E-state index in [1.807, 2.05) is 0 Å². The summed E-state index contributed by atoms with van der Waals surface area (Å²) < 4.78 is 18.7. The average Bonchev–Trinajstić information content (AvgIpc) is 2.76. The van der Waals surface area contributed by atoms with Crippen LogP contribution >= 0.6 is 24.0 Å². The lowest BCUT2D eigenvalue weighted by atomic mass is 10.0. The molecule has 0 radical (unpaired) electrons. The van der Waals surface area contributed by atoms with Gasteiger partial charge in [0.25, 0.3) is 0 Å². The van der Waals surface area contributed by atoms with Crippen LogP contribution in [0.3, 0.4) is 0 Å². The van der Waals surface area contributed by atoms with Crippen LogP contribution in [0.15, 0.2) is 59.6 Å². The van der Waals surface area contributed by atoms with Gasteiger partial charge in [-0.3, -0.25) is 9.89 Å². The van der Waals surface area contributed by atoms with Gasteiger partial charge in [-0.1, -0.05) is 42.5 Å². The standard InChI is InChI=1S/C23H31FN4O.HI/c1-25-23(26-16-22(29-2)19-8-10-20(24)11-9-19)27-21-12-14-28(15-13-21)17-18-6-4-3-5-7-18;/h3-11,21-22H,12-17H2,1-2H3,(H2,25,26,27);1H. The molecule has 1 fully saturated rings. The summed E-state index contributed by atoms with van der Waals surface area (Å²) in [5.74, 6) is 0.531. The molecule has 3 rings (SSSR count). The first kappa shape index (κ1) is 24.6. The highest BCUT2D eigenvalue weighted by molar-refractivity contribution is 14.0. The fourth-order valence-corrected chi connectivity index (χ4v) is 3.67. The van der Waals surface area contributed by atoms with E-state index in [-0.39, 0.29) is 35.9 Å². The van der Waals surface area contributed by atoms with Crippen LogP contribution < -0.4 is 10.6 Å². The first-order valence-electron chi connectivity index (χ1n) is 10.2. The van der Waals surface area contributed by atoms with E-state index in [2.05, 4.69) is 50.9 Å². The Hall–Kier alpha value is -1.71. The number of nitrogens with zero attached hydrogens (tertiary/aromatic N) is 2. The Bertz CT molecular complexity index is 765. The van der Waals surface area contributed by atoms with Crippen LogP contribution in [0.2, 0.25) is 0 Å². The van der Waals surface area contributed by atoms with Crippen LogP contribution in [-0.2, 0) is 11.3 Å². The Morgan fingerprint density at radius 3 is 2.40 bits per heavy atom. The molecule has 2 N–H and O–H groups in total. The third-order valence-corrected chi connectivity index (χ3v) is 5.38. The van der Waals surface area contributed by atoms with E-state index in [0.29, 0.717) is 12.6 Å². The number of guanidine groups is 1. The first-order valence-corrected chi connectivity index (χ1v) is 10.2. The van der Waals surface area contributed by atoms with E-state index >= 15 is 0 Å². The monoisotopic (exact) mass is 526 g/mol. The summed E-state index contributed by atoms with van der Waals surface area (Å²) in [5, 5.41) is 6.87. The molecule has 0 aromatic heterocycles. The maximum Gasteiger partial charge on any atom is 0.191 e. The maximum absolute atomic E-state index is 13.1. The number of benzene rings is 2. The van der Waals surface area contributed by atoms with Crippen molar-refractivity contribution < 1.29 is 9.13 Å². The number of ether oxygens (including phenoxy) is 1. The molecule has 1 aliphatic heterocycles. The van der Waals surface area contributed by atoms with E-state index in [1.165, 1.54) is 17.7 Å². The maximum atomic E-state index is 13.1. The van der Waals surface area contributed by atoms with E-state index in [0.717, 1.165) is 44.0 Å². The molecule has 0 spiro atoms. The van der Waals surface area contributed by atoms with Crippen molar-refractivity contribution in [3.05, 3.63) is 71.5 Å². The molecule has 0 aliphatic carbocycles. The second kappa shape index (κ2) is 12.9. The third-order valence-electron chi connectivity index (χ3n) is 5.38. The normalized spacial score (nSPS) is 16.6. The van der Waals surface area contributed by atoms with Gasteiger partial charge >= 0.3 is 0 Å². The van der Waals surface area contributed by atoms with Crippen molar-refractivity contribution >= 4 is 29.9 Å². The molecule has 7 heteroatoms. The van der Waals surface area contributed by atoms with E-state index < -0.39 is 0 Å². The molecule has 2 aromatic carbocycles. The summed E-state index contributed by atoms with van der Waals surface area (Å²) in [6, 6.07) is 17.4. The van der Waals surface area contributed by atoms with Crippen LogP contribution in [0.4, 0.5) is 4.39 Å². The Balaban J connectivity index is 0.00000320. The summed E-state index contributed by atoms with van der Waals surface area (Å²) in [7, 11) is 3.44. The zero-order valence-corrected chi connectivity index (χ0v) is 20.0. The van der Waals surface area contributed by atoms with Crippen molar-refractivity contribution in [1.82, 2.24) is 15.5 Å². The fraction of sp³-hybridized carbons (Fsp3) is 0.435.